The second kappa shape index (κ2) is 5.13. The van der Waals surface area contributed by atoms with Crippen LogP contribution in [0.15, 0.2) is 53.9 Å². The number of thiophene rings is 2. The number of halogens is 1. The van der Waals surface area contributed by atoms with Crippen molar-refractivity contribution in [1.29, 1.82) is 0 Å². The maximum atomic E-state index is 6.81. The molecule has 2 aromatic heterocycles. The summed E-state index contributed by atoms with van der Waals surface area (Å²) in [7, 11) is 0. The normalized spacial score (nSPS) is 13.0. The molecule has 21 heavy (non-hydrogen) atoms. The molecule has 1 atom stereocenters. The van der Waals surface area contributed by atoms with Gasteiger partial charge in [0.2, 0.25) is 0 Å². The summed E-state index contributed by atoms with van der Waals surface area (Å²) in [6, 6.07) is 17.3. The van der Waals surface area contributed by atoms with Crippen LogP contribution in [-0.2, 0) is 0 Å². The van der Waals surface area contributed by atoms with Crippen molar-refractivity contribution < 1.29 is 0 Å². The first-order valence-electron chi connectivity index (χ1n) is 6.83. The molecular formula is C18H13ClS2. The van der Waals surface area contributed by atoms with E-state index < -0.39 is 0 Å². The van der Waals surface area contributed by atoms with E-state index in [9.17, 15) is 0 Å². The highest BCUT2D eigenvalue weighted by Crippen LogP contribution is 2.41. The fraction of sp³-hybridized carbons (Fsp3) is 0.111. The molecule has 2 heterocycles. The SMILES string of the molecule is Cc1ccc(C(Cl)c2cc3sccc3s2)c2ccccc12. The van der Waals surface area contributed by atoms with Crippen LogP contribution in [0.4, 0.5) is 0 Å². The van der Waals surface area contributed by atoms with Crippen molar-refractivity contribution in [2.24, 2.45) is 0 Å². The first kappa shape index (κ1) is 13.3. The van der Waals surface area contributed by atoms with Gasteiger partial charge in [-0.2, -0.15) is 0 Å². The molecule has 0 saturated heterocycles. The molecule has 0 radical (unpaired) electrons. The largest absolute Gasteiger partial charge is 0.143 e. The maximum Gasteiger partial charge on any atom is 0.0934 e. The first-order valence-corrected chi connectivity index (χ1v) is 8.96. The lowest BCUT2D eigenvalue weighted by atomic mass is 9.98. The Bertz CT molecular complexity index is 904. The Morgan fingerprint density at radius 1 is 0.952 bits per heavy atom. The van der Waals surface area contributed by atoms with Gasteiger partial charge in [0.15, 0.2) is 0 Å². The van der Waals surface area contributed by atoms with Crippen LogP contribution in [0, 0.1) is 6.92 Å². The zero-order valence-corrected chi connectivity index (χ0v) is 13.9. The van der Waals surface area contributed by atoms with E-state index in [2.05, 4.69) is 60.8 Å². The summed E-state index contributed by atoms with van der Waals surface area (Å²) in [5.41, 5.74) is 2.50. The summed E-state index contributed by atoms with van der Waals surface area (Å²) in [5.74, 6) is 0. The van der Waals surface area contributed by atoms with E-state index >= 15 is 0 Å². The predicted molar refractivity (Wildman–Crippen MR) is 96.1 cm³/mol. The van der Waals surface area contributed by atoms with Crippen LogP contribution in [0.2, 0.25) is 0 Å². The molecule has 4 rings (SSSR count). The number of hydrogen-bond donors (Lipinski definition) is 0. The van der Waals surface area contributed by atoms with Gasteiger partial charge in [0.05, 0.1) is 5.38 Å². The van der Waals surface area contributed by atoms with Crippen LogP contribution in [0.1, 0.15) is 21.4 Å². The molecule has 0 fully saturated rings. The minimum atomic E-state index is -0.0832. The van der Waals surface area contributed by atoms with Crippen molar-refractivity contribution >= 4 is 54.4 Å². The molecule has 0 saturated carbocycles. The van der Waals surface area contributed by atoms with Gasteiger partial charge in [-0.1, -0.05) is 36.4 Å². The second-order valence-electron chi connectivity index (χ2n) is 5.18. The number of fused-ring (bicyclic) bond motifs is 2. The number of alkyl halides is 1. The summed E-state index contributed by atoms with van der Waals surface area (Å²) in [6.07, 6.45) is 0. The molecule has 0 aliphatic heterocycles. The van der Waals surface area contributed by atoms with Gasteiger partial charge in [0.1, 0.15) is 0 Å². The van der Waals surface area contributed by atoms with Crippen LogP contribution in [-0.4, -0.2) is 0 Å². The first-order chi connectivity index (χ1) is 10.2. The zero-order valence-electron chi connectivity index (χ0n) is 11.5. The second-order valence-corrected chi connectivity index (χ2v) is 7.68. The fourth-order valence-electron chi connectivity index (χ4n) is 2.76. The molecule has 0 bridgehead atoms. The van der Waals surface area contributed by atoms with Crippen molar-refractivity contribution in [3.63, 3.8) is 0 Å². The van der Waals surface area contributed by atoms with Crippen molar-refractivity contribution in [1.82, 2.24) is 0 Å². The molecule has 4 aromatic rings. The molecule has 0 amide bonds. The summed E-state index contributed by atoms with van der Waals surface area (Å²) in [5, 5.41) is 4.60. The van der Waals surface area contributed by atoms with Gasteiger partial charge >= 0.3 is 0 Å². The molecule has 2 aromatic carbocycles. The molecule has 0 aliphatic carbocycles. The standard InChI is InChI=1S/C18H13ClS2/c1-11-6-7-14(13-5-3-2-4-12(11)13)18(19)17-10-16-15(21-17)8-9-20-16/h2-10,18H,1H3. The van der Waals surface area contributed by atoms with Gasteiger partial charge in [-0.15, -0.1) is 34.3 Å². The van der Waals surface area contributed by atoms with E-state index in [0.717, 1.165) is 0 Å². The average Bonchev–Trinajstić information content (AvgIpc) is 3.08. The topological polar surface area (TPSA) is 0 Å². The van der Waals surface area contributed by atoms with Gasteiger partial charge < -0.3 is 0 Å². The van der Waals surface area contributed by atoms with E-state index in [1.807, 2.05) is 0 Å². The monoisotopic (exact) mass is 328 g/mol. The van der Waals surface area contributed by atoms with Crippen LogP contribution < -0.4 is 0 Å². The Labute approximate surface area is 136 Å². The maximum absolute atomic E-state index is 6.81. The fourth-order valence-corrected chi connectivity index (χ4v) is 5.26. The van der Waals surface area contributed by atoms with Crippen LogP contribution in [0.3, 0.4) is 0 Å². The minimum Gasteiger partial charge on any atom is -0.143 e. The average molecular weight is 329 g/mol. The Morgan fingerprint density at radius 2 is 1.76 bits per heavy atom. The van der Waals surface area contributed by atoms with Crippen molar-refractivity contribution in [2.75, 3.05) is 0 Å². The Kier molecular flexibility index (Phi) is 3.26. The molecule has 1 unspecified atom stereocenters. The molecule has 0 N–H and O–H groups in total. The molecule has 104 valence electrons. The molecular weight excluding hydrogens is 316 g/mol. The Hall–Kier alpha value is -1.35. The van der Waals surface area contributed by atoms with Gasteiger partial charge in [-0.3, -0.25) is 0 Å². The lowest BCUT2D eigenvalue weighted by molar-refractivity contribution is 1.21. The Morgan fingerprint density at radius 3 is 2.57 bits per heavy atom. The van der Waals surface area contributed by atoms with Crippen LogP contribution in [0.5, 0.6) is 0 Å². The van der Waals surface area contributed by atoms with Gasteiger partial charge in [0, 0.05) is 14.3 Å². The lowest BCUT2D eigenvalue weighted by Gasteiger charge is -2.13. The van der Waals surface area contributed by atoms with E-state index in [4.69, 9.17) is 11.6 Å². The van der Waals surface area contributed by atoms with Gasteiger partial charge in [0.25, 0.3) is 0 Å². The van der Waals surface area contributed by atoms with Crippen LogP contribution >= 0.6 is 34.3 Å². The smallest absolute Gasteiger partial charge is 0.0934 e. The number of benzene rings is 2. The van der Waals surface area contributed by atoms with Crippen molar-refractivity contribution in [3.8, 4) is 0 Å². The Balaban J connectivity index is 1.89. The van der Waals surface area contributed by atoms with E-state index in [-0.39, 0.29) is 5.38 Å². The highest BCUT2D eigenvalue weighted by molar-refractivity contribution is 7.27. The van der Waals surface area contributed by atoms with Gasteiger partial charge in [-0.05, 0) is 46.3 Å². The minimum absolute atomic E-state index is 0.0832. The zero-order chi connectivity index (χ0) is 14.4. The number of hydrogen-bond acceptors (Lipinski definition) is 2. The molecule has 0 spiro atoms. The highest BCUT2D eigenvalue weighted by Gasteiger charge is 2.17. The third-order valence-electron chi connectivity index (χ3n) is 3.86. The summed E-state index contributed by atoms with van der Waals surface area (Å²) >= 11 is 10.4. The van der Waals surface area contributed by atoms with Crippen LogP contribution in [0.25, 0.3) is 20.2 Å². The van der Waals surface area contributed by atoms with E-state index in [1.54, 1.807) is 22.7 Å². The van der Waals surface area contributed by atoms with Crippen molar-refractivity contribution in [2.45, 2.75) is 12.3 Å². The highest BCUT2D eigenvalue weighted by atomic mass is 35.5. The molecule has 0 aliphatic rings. The quantitative estimate of drug-likeness (QED) is 0.357. The third-order valence-corrected chi connectivity index (χ3v) is 6.61. The van der Waals surface area contributed by atoms with E-state index in [0.29, 0.717) is 0 Å². The predicted octanol–water partition coefficient (Wildman–Crippen LogP) is 6.75. The lowest BCUT2D eigenvalue weighted by Crippen LogP contribution is -1.93. The summed E-state index contributed by atoms with van der Waals surface area (Å²) < 4.78 is 2.66. The summed E-state index contributed by atoms with van der Waals surface area (Å²) in [6.45, 7) is 2.15. The van der Waals surface area contributed by atoms with Crippen molar-refractivity contribution in [3.05, 3.63) is 69.9 Å². The molecule has 3 heteroatoms. The number of aryl methyl sites for hydroxylation is 1. The van der Waals surface area contributed by atoms with E-state index in [1.165, 1.54) is 36.2 Å². The summed E-state index contributed by atoms with van der Waals surface area (Å²) in [4.78, 5) is 1.23. The number of rotatable bonds is 2. The third kappa shape index (κ3) is 2.18. The van der Waals surface area contributed by atoms with Gasteiger partial charge in [-0.25, -0.2) is 0 Å². The molecule has 0 nitrogen and oxygen atoms in total.